The number of aromatic nitrogens is 1. The van der Waals surface area contributed by atoms with E-state index in [1.54, 1.807) is 24.1 Å². The van der Waals surface area contributed by atoms with E-state index in [4.69, 9.17) is 4.74 Å². The van der Waals surface area contributed by atoms with Gasteiger partial charge in [0.1, 0.15) is 16.7 Å². The predicted octanol–water partition coefficient (Wildman–Crippen LogP) is 5.24. The third-order valence-corrected chi connectivity index (χ3v) is 11.6. The predicted molar refractivity (Wildman–Crippen MR) is 208 cm³/mol. The normalized spacial score (nSPS) is 19.3. The van der Waals surface area contributed by atoms with Crippen LogP contribution >= 0.6 is 11.3 Å². The SMILES string of the molecule is CC[C@H](C)[C@H](NC(=O)[C@H]1C[C@H](C)CCN1C)C(=O)N(C)[C@H](C[C@@H](OC(C)=O)c1nc(C(=O)N[C@@H](Cc2ccc([N+](=O)[O-])cc2)C[C@H](C)C(=O)O)cs1)C(C)C. The first-order valence-corrected chi connectivity index (χ1v) is 19.9. The number of nitrogens with one attached hydrogen (secondary N) is 2. The fourth-order valence-electron chi connectivity index (χ4n) is 6.94. The molecule has 16 heteroatoms. The molecule has 8 atom stereocenters. The van der Waals surface area contributed by atoms with Gasteiger partial charge in [-0.15, -0.1) is 11.3 Å². The highest BCUT2D eigenvalue weighted by Crippen LogP contribution is 2.31. The largest absolute Gasteiger partial charge is 0.481 e. The van der Waals surface area contributed by atoms with Crippen LogP contribution in [0, 0.1) is 33.8 Å². The van der Waals surface area contributed by atoms with Crippen molar-refractivity contribution in [3.63, 3.8) is 0 Å². The van der Waals surface area contributed by atoms with Crippen molar-refractivity contribution in [2.45, 2.75) is 117 Å². The molecule has 0 bridgehead atoms. The number of benzene rings is 1. The number of ether oxygens (including phenoxy) is 1. The van der Waals surface area contributed by atoms with Crippen LogP contribution in [-0.2, 0) is 30.3 Å². The van der Waals surface area contributed by atoms with Crippen molar-refractivity contribution in [1.82, 2.24) is 25.4 Å². The highest BCUT2D eigenvalue weighted by atomic mass is 32.1. The summed E-state index contributed by atoms with van der Waals surface area (Å²) in [7, 11) is 3.62. The monoisotopic (exact) mass is 786 g/mol. The minimum atomic E-state index is -1.03. The number of hydrogen-bond donors (Lipinski definition) is 3. The van der Waals surface area contributed by atoms with Crippen molar-refractivity contribution in [2.75, 3.05) is 20.6 Å². The van der Waals surface area contributed by atoms with Gasteiger partial charge < -0.3 is 25.4 Å². The maximum absolute atomic E-state index is 14.2. The highest BCUT2D eigenvalue weighted by Gasteiger charge is 2.38. The lowest BCUT2D eigenvalue weighted by atomic mass is 9.90. The van der Waals surface area contributed by atoms with E-state index in [0.717, 1.165) is 24.3 Å². The number of amides is 3. The Morgan fingerprint density at radius 1 is 1.11 bits per heavy atom. The van der Waals surface area contributed by atoms with Crippen LogP contribution in [0.1, 0.15) is 108 Å². The number of piperidine rings is 1. The Morgan fingerprint density at radius 3 is 2.33 bits per heavy atom. The first kappa shape index (κ1) is 45.0. The van der Waals surface area contributed by atoms with E-state index in [2.05, 4.69) is 22.5 Å². The minimum Gasteiger partial charge on any atom is -0.481 e. The van der Waals surface area contributed by atoms with E-state index in [1.165, 1.54) is 31.4 Å². The maximum atomic E-state index is 14.2. The number of esters is 1. The van der Waals surface area contributed by atoms with Crippen LogP contribution in [-0.4, -0.2) is 99.3 Å². The van der Waals surface area contributed by atoms with Crippen molar-refractivity contribution >= 4 is 46.7 Å². The van der Waals surface area contributed by atoms with Crippen molar-refractivity contribution < 1.29 is 38.7 Å². The second-order valence-corrected chi connectivity index (χ2v) is 16.3. The molecular formula is C39H58N6O9S. The van der Waals surface area contributed by atoms with E-state index in [9.17, 15) is 39.2 Å². The van der Waals surface area contributed by atoms with Gasteiger partial charge in [-0.3, -0.25) is 39.0 Å². The summed E-state index contributed by atoms with van der Waals surface area (Å²) in [5, 5.41) is 28.5. The van der Waals surface area contributed by atoms with E-state index < -0.39 is 52.9 Å². The van der Waals surface area contributed by atoms with E-state index >= 15 is 0 Å². The number of carbonyl (C=O) groups excluding carboxylic acids is 4. The lowest BCUT2D eigenvalue weighted by molar-refractivity contribution is -0.384. The van der Waals surface area contributed by atoms with Crippen molar-refractivity contribution in [2.24, 2.45) is 23.7 Å². The van der Waals surface area contributed by atoms with Crippen LogP contribution in [0.3, 0.4) is 0 Å². The lowest BCUT2D eigenvalue weighted by Gasteiger charge is -2.39. The van der Waals surface area contributed by atoms with Crippen molar-refractivity contribution in [3.05, 3.63) is 56.0 Å². The summed E-state index contributed by atoms with van der Waals surface area (Å²) in [5.41, 5.74) is 0.628. The summed E-state index contributed by atoms with van der Waals surface area (Å²) in [6.07, 6.45) is 1.99. The van der Waals surface area contributed by atoms with Crippen LogP contribution in [0.5, 0.6) is 0 Å². The molecule has 1 aliphatic rings. The number of likely N-dealkylation sites (N-methyl/N-ethyl adjacent to an activating group) is 2. The first-order chi connectivity index (χ1) is 25.8. The second-order valence-electron chi connectivity index (χ2n) is 15.4. The van der Waals surface area contributed by atoms with Gasteiger partial charge in [0.15, 0.2) is 6.10 Å². The molecule has 55 heavy (non-hydrogen) atoms. The van der Waals surface area contributed by atoms with E-state index in [1.807, 2.05) is 39.6 Å². The van der Waals surface area contributed by atoms with Gasteiger partial charge in [-0.2, -0.15) is 0 Å². The molecule has 3 N–H and O–H groups in total. The molecule has 1 aromatic heterocycles. The van der Waals surface area contributed by atoms with Gasteiger partial charge in [-0.25, -0.2) is 4.98 Å². The first-order valence-electron chi connectivity index (χ1n) is 19.0. The average Bonchev–Trinajstić information content (AvgIpc) is 3.63. The zero-order valence-electron chi connectivity index (χ0n) is 33.4. The van der Waals surface area contributed by atoms with Gasteiger partial charge in [0, 0.05) is 50.0 Å². The second kappa shape index (κ2) is 20.5. The van der Waals surface area contributed by atoms with Gasteiger partial charge in [-0.05, 0) is 62.6 Å². The number of aliphatic carboxylic acids is 1. The molecule has 1 saturated heterocycles. The van der Waals surface area contributed by atoms with E-state index in [-0.39, 0.29) is 60.3 Å². The minimum absolute atomic E-state index is 0.0425. The molecule has 0 radical (unpaired) electrons. The third-order valence-electron chi connectivity index (χ3n) is 10.6. The number of carboxylic acids is 1. The number of nitro benzene ring substituents is 1. The van der Waals surface area contributed by atoms with Gasteiger partial charge in [0.05, 0.1) is 16.9 Å². The van der Waals surface area contributed by atoms with Gasteiger partial charge >= 0.3 is 11.9 Å². The van der Waals surface area contributed by atoms with Crippen LogP contribution in [0.4, 0.5) is 5.69 Å². The van der Waals surface area contributed by atoms with Gasteiger partial charge in [0.2, 0.25) is 11.8 Å². The number of non-ortho nitro benzene ring substituents is 1. The Labute approximate surface area is 327 Å². The van der Waals surface area contributed by atoms with Crippen LogP contribution in [0.2, 0.25) is 0 Å². The van der Waals surface area contributed by atoms with Crippen LogP contribution < -0.4 is 10.6 Å². The molecule has 2 aromatic rings. The number of likely N-dealkylation sites (tertiary alicyclic amines) is 1. The number of nitrogens with zero attached hydrogens (tertiary/aromatic N) is 4. The number of nitro groups is 1. The molecule has 15 nitrogen and oxygen atoms in total. The molecule has 0 aliphatic carbocycles. The molecular weight excluding hydrogens is 729 g/mol. The summed E-state index contributed by atoms with van der Waals surface area (Å²) in [6, 6.07) is 3.66. The summed E-state index contributed by atoms with van der Waals surface area (Å²) >= 11 is 1.12. The van der Waals surface area contributed by atoms with E-state index in [0.29, 0.717) is 29.3 Å². The number of hydrogen-bond acceptors (Lipinski definition) is 11. The molecule has 3 rings (SSSR count). The molecule has 1 fully saturated rings. The molecule has 0 saturated carbocycles. The number of carbonyl (C=O) groups is 5. The quantitative estimate of drug-likeness (QED) is 0.0955. The zero-order valence-corrected chi connectivity index (χ0v) is 34.3. The fraction of sp³-hybridized carbons (Fsp3) is 0.641. The Morgan fingerprint density at radius 2 is 1.76 bits per heavy atom. The number of rotatable bonds is 19. The number of carboxylic acid groups (broad SMARTS) is 1. The molecule has 0 unspecified atom stereocenters. The topological polar surface area (TPSA) is 201 Å². The Kier molecular flexibility index (Phi) is 16.7. The fourth-order valence-corrected chi connectivity index (χ4v) is 7.78. The third kappa shape index (κ3) is 12.8. The summed E-state index contributed by atoms with van der Waals surface area (Å²) in [6.45, 7) is 13.6. The molecule has 0 spiro atoms. The molecule has 3 amide bonds. The smallest absolute Gasteiger partial charge is 0.306 e. The molecule has 2 heterocycles. The van der Waals surface area contributed by atoms with Gasteiger partial charge in [0.25, 0.3) is 11.6 Å². The Balaban J connectivity index is 1.82. The summed E-state index contributed by atoms with van der Waals surface area (Å²) < 4.78 is 5.75. The average molecular weight is 787 g/mol. The highest BCUT2D eigenvalue weighted by molar-refractivity contribution is 7.09. The van der Waals surface area contributed by atoms with Crippen LogP contribution in [0.15, 0.2) is 29.6 Å². The summed E-state index contributed by atoms with van der Waals surface area (Å²) in [5.74, 6) is -3.20. The standard InChI is InChI=1S/C39H58N6O9S/c1-10-24(5)34(42-36(48)32-17-23(4)15-16-43(32)8)38(49)44(9)31(22(2)3)20-33(54-26(7)46)37-41-30(21-55-37)35(47)40-28(18-25(6)39(50)51)19-27-11-13-29(14-12-27)45(52)53/h11-14,21-25,28,31-34H,10,15-20H2,1-9H3,(H,40,47)(H,42,48)(H,50,51)/t23-,24+,25+,28-,31-,32-,33-,34+/m1/s1. The zero-order chi connectivity index (χ0) is 41.1. The Bertz CT molecular complexity index is 1650. The number of thiazole rings is 1. The maximum Gasteiger partial charge on any atom is 0.306 e. The van der Waals surface area contributed by atoms with Crippen LogP contribution in [0.25, 0.3) is 0 Å². The van der Waals surface area contributed by atoms with Crippen molar-refractivity contribution in [3.8, 4) is 0 Å². The van der Waals surface area contributed by atoms with Gasteiger partial charge in [-0.1, -0.05) is 60.1 Å². The Hall–Kier alpha value is -4.44. The molecule has 1 aromatic carbocycles. The summed E-state index contributed by atoms with van der Waals surface area (Å²) in [4.78, 5) is 84.2. The molecule has 304 valence electrons. The van der Waals surface area contributed by atoms with Crippen molar-refractivity contribution in [1.29, 1.82) is 0 Å². The molecule has 1 aliphatic heterocycles. The lowest BCUT2D eigenvalue weighted by Crippen LogP contribution is -2.58.